The van der Waals surface area contributed by atoms with Crippen LogP contribution < -0.4 is 24.8 Å². The van der Waals surface area contributed by atoms with Crippen LogP contribution in [-0.2, 0) is 9.59 Å². The van der Waals surface area contributed by atoms with E-state index in [1.54, 1.807) is 62.9 Å². The first-order valence-electron chi connectivity index (χ1n) is 11.9. The fourth-order valence-electron chi connectivity index (χ4n) is 4.06. The third-order valence-corrected chi connectivity index (χ3v) is 6.37. The van der Waals surface area contributed by atoms with Crippen LogP contribution in [0.1, 0.15) is 12.8 Å². The Morgan fingerprint density at radius 3 is 2.17 bits per heavy atom. The van der Waals surface area contributed by atoms with Crippen molar-refractivity contribution in [1.82, 2.24) is 4.98 Å². The fourth-order valence-corrected chi connectivity index (χ4v) is 4.06. The quantitative estimate of drug-likeness (QED) is 0.0799. The van der Waals surface area contributed by atoms with Crippen LogP contribution in [0, 0.1) is 11.2 Å². The molecule has 1 saturated carbocycles. The number of fused-ring (bicyclic) bond motifs is 1. The Kier molecular flexibility index (Phi) is 8.61. The summed E-state index contributed by atoms with van der Waals surface area (Å²) in [6, 6.07) is 15.3. The van der Waals surface area contributed by atoms with Gasteiger partial charge in [-0.15, -0.1) is 0 Å². The second kappa shape index (κ2) is 12.1. The lowest BCUT2D eigenvalue weighted by molar-refractivity contribution is -0.131. The molecule has 1 aliphatic rings. The Balaban J connectivity index is 0.00000181. The molecule has 0 aliphatic heterocycles. The molecule has 1 aliphatic carbocycles. The number of benzene rings is 3. The predicted molar refractivity (Wildman–Crippen MR) is 150 cm³/mol. The summed E-state index contributed by atoms with van der Waals surface area (Å²) in [4.78, 5) is 30.1. The SMILES string of the molecule is COc1cc2nccc(Oc3ccc(NC(=O)C4(C(=O)Nc5ccc(F)cc5O)CC4)cc3)c2cc1OC.OS. The van der Waals surface area contributed by atoms with Gasteiger partial charge in [-0.05, 0) is 74.3 Å². The summed E-state index contributed by atoms with van der Waals surface area (Å²) < 4.78 is 36.7. The highest BCUT2D eigenvalue weighted by atomic mass is 32.1. The second-order valence-electron chi connectivity index (χ2n) is 8.81. The number of phenols is 1. The summed E-state index contributed by atoms with van der Waals surface area (Å²) in [5.74, 6) is 0.111. The molecule has 0 bridgehead atoms. The number of thiol groups is 1. The molecule has 1 heterocycles. The topological polar surface area (TPSA) is 139 Å². The van der Waals surface area contributed by atoms with Gasteiger partial charge in [-0.2, -0.15) is 0 Å². The molecule has 5 rings (SSSR count). The van der Waals surface area contributed by atoms with Crippen LogP contribution in [0.4, 0.5) is 15.8 Å². The van der Waals surface area contributed by atoms with Crippen molar-refractivity contribution in [3.63, 3.8) is 0 Å². The number of nitrogens with zero attached hydrogens (tertiary/aromatic N) is 1. The zero-order valence-electron chi connectivity index (χ0n) is 21.5. The van der Waals surface area contributed by atoms with E-state index in [9.17, 15) is 19.1 Å². The summed E-state index contributed by atoms with van der Waals surface area (Å²) in [5, 5.41) is 15.9. The molecule has 1 aromatic heterocycles. The van der Waals surface area contributed by atoms with E-state index in [0.717, 1.165) is 17.5 Å². The number of aromatic hydroxyl groups is 1. The van der Waals surface area contributed by atoms with E-state index < -0.39 is 28.8 Å². The number of carbonyl (C=O) groups excluding carboxylic acids is 2. The summed E-state index contributed by atoms with van der Waals surface area (Å²) in [5.41, 5.74) is -0.0637. The van der Waals surface area contributed by atoms with Gasteiger partial charge in [-0.3, -0.25) is 14.6 Å². The number of phenolic OH excluding ortho intramolecular Hbond substituents is 1. The largest absolute Gasteiger partial charge is 0.506 e. The molecule has 40 heavy (non-hydrogen) atoms. The molecule has 0 radical (unpaired) electrons. The number of aromatic nitrogens is 1. The number of rotatable bonds is 8. The minimum atomic E-state index is -1.26. The average molecular weight is 568 g/mol. The van der Waals surface area contributed by atoms with Crippen molar-refractivity contribution in [2.45, 2.75) is 12.8 Å². The number of hydrogen-bond donors (Lipinski definition) is 5. The van der Waals surface area contributed by atoms with Gasteiger partial charge in [0.15, 0.2) is 11.5 Å². The van der Waals surface area contributed by atoms with Crippen LogP contribution in [0.2, 0.25) is 0 Å². The van der Waals surface area contributed by atoms with E-state index in [4.69, 9.17) is 18.8 Å². The molecule has 4 aromatic rings. The first kappa shape index (κ1) is 28.5. The van der Waals surface area contributed by atoms with Crippen molar-refractivity contribution in [2.24, 2.45) is 5.41 Å². The maximum Gasteiger partial charge on any atom is 0.240 e. The Hall–Kier alpha value is -4.55. The molecule has 1 fully saturated rings. The molecule has 0 atom stereocenters. The number of hydrogen-bond acceptors (Lipinski definition) is 9. The maximum absolute atomic E-state index is 13.2. The van der Waals surface area contributed by atoms with E-state index in [0.29, 0.717) is 47.0 Å². The van der Waals surface area contributed by atoms with E-state index in [2.05, 4.69) is 28.5 Å². The average Bonchev–Trinajstić information content (AvgIpc) is 3.78. The van der Waals surface area contributed by atoms with E-state index in [1.165, 1.54) is 6.07 Å². The lowest BCUT2D eigenvalue weighted by Crippen LogP contribution is -2.35. The minimum Gasteiger partial charge on any atom is -0.506 e. The van der Waals surface area contributed by atoms with Gasteiger partial charge in [0.05, 0.1) is 25.4 Å². The Bertz CT molecular complexity index is 1550. The summed E-state index contributed by atoms with van der Waals surface area (Å²) in [6.07, 6.45) is 2.35. The van der Waals surface area contributed by atoms with Crippen LogP contribution >= 0.6 is 12.9 Å². The van der Waals surface area contributed by atoms with E-state index in [-0.39, 0.29) is 5.69 Å². The molecule has 12 heteroatoms. The highest BCUT2D eigenvalue weighted by Gasteiger charge is 2.56. The van der Waals surface area contributed by atoms with Crippen molar-refractivity contribution in [1.29, 1.82) is 0 Å². The molecule has 0 spiro atoms. The number of carbonyl (C=O) groups is 2. The number of nitrogens with one attached hydrogen (secondary N) is 2. The molecule has 2 amide bonds. The van der Waals surface area contributed by atoms with Gasteiger partial charge in [0.1, 0.15) is 28.5 Å². The fraction of sp³-hybridized carbons (Fsp3) is 0.179. The third-order valence-electron chi connectivity index (χ3n) is 6.37. The minimum absolute atomic E-state index is 0.0386. The van der Waals surface area contributed by atoms with E-state index in [1.807, 2.05) is 0 Å². The van der Waals surface area contributed by atoms with Gasteiger partial charge in [-0.25, -0.2) is 4.39 Å². The first-order chi connectivity index (χ1) is 19.3. The molecule has 0 unspecified atom stereocenters. The molecule has 4 N–H and O–H groups in total. The van der Waals surface area contributed by atoms with E-state index >= 15 is 0 Å². The highest BCUT2D eigenvalue weighted by molar-refractivity contribution is 7.74. The predicted octanol–water partition coefficient (Wildman–Crippen LogP) is 5.64. The van der Waals surface area contributed by atoms with Gasteiger partial charge in [0.25, 0.3) is 0 Å². The van der Waals surface area contributed by atoms with Crippen LogP contribution in [-0.4, -0.2) is 40.7 Å². The summed E-state index contributed by atoms with van der Waals surface area (Å²) >= 11 is 2.53. The Morgan fingerprint density at radius 1 is 0.900 bits per heavy atom. The normalized spacial score (nSPS) is 12.9. The number of amides is 2. The lowest BCUT2D eigenvalue weighted by Gasteiger charge is -2.16. The lowest BCUT2D eigenvalue weighted by atomic mass is 10.0. The maximum atomic E-state index is 13.2. The number of anilines is 2. The molecule has 208 valence electrons. The van der Waals surface area contributed by atoms with Crippen molar-refractivity contribution < 1.29 is 37.8 Å². The molecular weight excluding hydrogens is 541 g/mol. The van der Waals surface area contributed by atoms with Crippen molar-refractivity contribution in [2.75, 3.05) is 24.9 Å². The zero-order valence-corrected chi connectivity index (χ0v) is 22.4. The van der Waals surface area contributed by atoms with Crippen LogP contribution in [0.15, 0.2) is 66.9 Å². The van der Waals surface area contributed by atoms with Gasteiger partial charge in [0.2, 0.25) is 11.8 Å². The van der Waals surface area contributed by atoms with Crippen molar-refractivity contribution in [3.05, 3.63) is 72.7 Å². The molecular formula is C28H26FN3O7S. The Morgan fingerprint density at radius 2 is 1.55 bits per heavy atom. The van der Waals surface area contributed by atoms with Crippen molar-refractivity contribution >= 4 is 47.0 Å². The van der Waals surface area contributed by atoms with Gasteiger partial charge in [-0.1, -0.05) is 0 Å². The van der Waals surface area contributed by atoms with Gasteiger partial charge >= 0.3 is 0 Å². The highest BCUT2D eigenvalue weighted by Crippen LogP contribution is 2.48. The monoisotopic (exact) mass is 567 g/mol. The molecule has 3 aromatic carbocycles. The third kappa shape index (κ3) is 5.87. The molecule has 10 nitrogen and oxygen atoms in total. The van der Waals surface area contributed by atoms with Crippen LogP contribution in [0.3, 0.4) is 0 Å². The molecule has 0 saturated heterocycles. The Labute approximate surface area is 234 Å². The van der Waals surface area contributed by atoms with Crippen LogP contribution in [0.25, 0.3) is 10.9 Å². The van der Waals surface area contributed by atoms with Crippen LogP contribution in [0.5, 0.6) is 28.7 Å². The number of methoxy groups -OCH3 is 2. The summed E-state index contributed by atoms with van der Waals surface area (Å²) in [7, 11) is 3.11. The first-order valence-corrected chi connectivity index (χ1v) is 12.3. The second-order valence-corrected chi connectivity index (χ2v) is 8.81. The number of pyridine rings is 1. The van der Waals surface area contributed by atoms with Crippen molar-refractivity contribution in [3.8, 4) is 28.7 Å². The smallest absolute Gasteiger partial charge is 0.240 e. The zero-order chi connectivity index (χ0) is 28.9. The standard InChI is InChI=1S/C28H24FN3O6.H2OS/c1-36-24-14-19-21(15-25(24)37-2)30-12-9-23(19)38-18-6-4-17(5-7-18)31-26(34)28(10-11-28)27(35)32-20-8-3-16(29)13-22(20)33;1-2/h3-9,12-15,33H,10-11H2,1-2H3,(H,31,34)(H,32,35);1-2H. The van der Waals surface area contributed by atoms with Gasteiger partial charge < -0.3 is 34.5 Å². The number of ether oxygens (including phenoxy) is 3. The number of halogens is 1. The van der Waals surface area contributed by atoms with Gasteiger partial charge in [0, 0.05) is 29.4 Å². The summed E-state index contributed by atoms with van der Waals surface area (Å²) in [6.45, 7) is 0.